The lowest BCUT2D eigenvalue weighted by Gasteiger charge is -2.10. The fourth-order valence-corrected chi connectivity index (χ4v) is 3.62. The van der Waals surface area contributed by atoms with Gasteiger partial charge >= 0.3 is 0 Å². The van der Waals surface area contributed by atoms with E-state index in [9.17, 15) is 4.79 Å². The second-order valence-corrected chi connectivity index (χ2v) is 6.89. The molecule has 0 atom stereocenters. The highest BCUT2D eigenvalue weighted by molar-refractivity contribution is 6.08. The summed E-state index contributed by atoms with van der Waals surface area (Å²) in [6.45, 7) is 0.546. The lowest BCUT2D eigenvalue weighted by atomic mass is 10.0. The van der Waals surface area contributed by atoms with Crippen molar-refractivity contribution in [2.45, 2.75) is 12.8 Å². The second kappa shape index (κ2) is 8.27. The summed E-state index contributed by atoms with van der Waals surface area (Å²) < 4.78 is 16.3. The molecule has 148 valence electrons. The topological polar surface area (TPSA) is 60.7 Å². The van der Waals surface area contributed by atoms with Crippen molar-refractivity contribution in [2.24, 2.45) is 0 Å². The molecule has 4 aromatic rings. The van der Waals surface area contributed by atoms with Gasteiger partial charge in [-0.1, -0.05) is 36.4 Å². The van der Waals surface area contributed by atoms with Crippen molar-refractivity contribution in [1.82, 2.24) is 5.32 Å². The van der Waals surface area contributed by atoms with Gasteiger partial charge in [0.15, 0.2) is 11.5 Å². The summed E-state index contributed by atoms with van der Waals surface area (Å²) in [4.78, 5) is 12.5. The number of furan rings is 1. The summed E-state index contributed by atoms with van der Waals surface area (Å²) in [5, 5.41) is 6.25. The first-order valence-corrected chi connectivity index (χ1v) is 9.55. The van der Waals surface area contributed by atoms with Gasteiger partial charge in [-0.2, -0.15) is 0 Å². The fraction of sp³-hybridized carbons (Fsp3) is 0.208. The van der Waals surface area contributed by atoms with Crippen LogP contribution in [-0.2, 0) is 17.6 Å². The number of carbonyl (C=O) groups excluding carboxylic acids is 1. The van der Waals surface area contributed by atoms with Crippen molar-refractivity contribution in [3.8, 4) is 11.5 Å². The minimum atomic E-state index is -0.0267. The monoisotopic (exact) mass is 389 g/mol. The van der Waals surface area contributed by atoms with Gasteiger partial charge in [-0.15, -0.1) is 0 Å². The van der Waals surface area contributed by atoms with Gasteiger partial charge < -0.3 is 19.2 Å². The number of methoxy groups -OCH3 is 2. The average Bonchev–Trinajstić information content (AvgIpc) is 3.16. The van der Waals surface area contributed by atoms with E-state index in [1.54, 1.807) is 20.5 Å². The van der Waals surface area contributed by atoms with E-state index in [0.717, 1.165) is 32.9 Å². The van der Waals surface area contributed by atoms with Gasteiger partial charge in [-0.3, -0.25) is 4.79 Å². The van der Waals surface area contributed by atoms with E-state index in [1.165, 1.54) is 0 Å². The molecule has 0 fully saturated rings. The highest BCUT2D eigenvalue weighted by Gasteiger charge is 2.13. The van der Waals surface area contributed by atoms with Crippen LogP contribution >= 0.6 is 0 Å². The van der Waals surface area contributed by atoms with Crippen LogP contribution in [0.5, 0.6) is 11.5 Å². The predicted octanol–water partition coefficient (Wildman–Crippen LogP) is 4.50. The van der Waals surface area contributed by atoms with Crippen molar-refractivity contribution in [3.05, 3.63) is 72.0 Å². The van der Waals surface area contributed by atoms with Crippen molar-refractivity contribution in [3.63, 3.8) is 0 Å². The Morgan fingerprint density at radius 2 is 1.83 bits per heavy atom. The molecule has 1 amide bonds. The second-order valence-electron chi connectivity index (χ2n) is 6.89. The number of amides is 1. The maximum atomic E-state index is 12.5. The summed E-state index contributed by atoms with van der Waals surface area (Å²) in [6, 6.07) is 17.9. The molecule has 0 bridgehead atoms. The van der Waals surface area contributed by atoms with Gasteiger partial charge in [0.1, 0.15) is 5.58 Å². The largest absolute Gasteiger partial charge is 0.493 e. The summed E-state index contributed by atoms with van der Waals surface area (Å²) in [6.07, 6.45) is 2.68. The average molecular weight is 389 g/mol. The molecule has 0 aliphatic heterocycles. The van der Waals surface area contributed by atoms with Gasteiger partial charge in [-0.05, 0) is 41.0 Å². The Hall–Kier alpha value is -3.47. The molecule has 0 saturated heterocycles. The number of benzene rings is 3. The van der Waals surface area contributed by atoms with Gasteiger partial charge in [0.05, 0.1) is 26.9 Å². The molecule has 0 aliphatic rings. The Morgan fingerprint density at radius 1 is 1.00 bits per heavy atom. The normalized spacial score (nSPS) is 11.0. The zero-order valence-corrected chi connectivity index (χ0v) is 16.5. The van der Waals surface area contributed by atoms with E-state index in [2.05, 4.69) is 17.4 Å². The van der Waals surface area contributed by atoms with E-state index in [4.69, 9.17) is 13.9 Å². The van der Waals surface area contributed by atoms with Crippen molar-refractivity contribution >= 4 is 27.6 Å². The quantitative estimate of drug-likeness (QED) is 0.505. The lowest BCUT2D eigenvalue weighted by molar-refractivity contribution is -0.120. The third-order valence-corrected chi connectivity index (χ3v) is 5.07. The number of ether oxygens (including phenoxy) is 2. The number of carbonyl (C=O) groups is 1. The zero-order chi connectivity index (χ0) is 20.2. The zero-order valence-electron chi connectivity index (χ0n) is 16.5. The number of fused-ring (bicyclic) bond motifs is 3. The van der Waals surface area contributed by atoms with Crippen LogP contribution in [0.2, 0.25) is 0 Å². The SMILES string of the molecule is COc1ccc(CCNC(=O)Cc2coc3ccc4ccccc4c23)cc1OC. The highest BCUT2D eigenvalue weighted by Crippen LogP contribution is 2.30. The molecule has 1 N–H and O–H groups in total. The third-order valence-electron chi connectivity index (χ3n) is 5.07. The van der Waals surface area contributed by atoms with Crippen LogP contribution in [0.25, 0.3) is 21.7 Å². The van der Waals surface area contributed by atoms with E-state index in [1.807, 2.05) is 42.5 Å². The molecule has 29 heavy (non-hydrogen) atoms. The Morgan fingerprint density at radius 3 is 2.66 bits per heavy atom. The van der Waals surface area contributed by atoms with Crippen LogP contribution in [0.15, 0.2) is 65.3 Å². The molecule has 0 saturated carbocycles. The summed E-state index contributed by atoms with van der Waals surface area (Å²) in [7, 11) is 3.23. The van der Waals surface area contributed by atoms with Gasteiger partial charge in [0.25, 0.3) is 0 Å². The van der Waals surface area contributed by atoms with Crippen LogP contribution < -0.4 is 14.8 Å². The molecule has 0 unspecified atom stereocenters. The first kappa shape index (κ1) is 18.9. The Labute approximate surface area is 169 Å². The number of nitrogens with one attached hydrogen (secondary N) is 1. The lowest BCUT2D eigenvalue weighted by Crippen LogP contribution is -2.27. The smallest absolute Gasteiger partial charge is 0.224 e. The standard InChI is InChI=1S/C24H23NO4/c1-27-20-9-7-16(13-22(20)28-2)11-12-25-23(26)14-18-15-29-21-10-8-17-5-3-4-6-19(17)24(18)21/h3-10,13,15H,11-12,14H2,1-2H3,(H,25,26). The van der Waals surface area contributed by atoms with E-state index >= 15 is 0 Å². The predicted molar refractivity (Wildman–Crippen MR) is 114 cm³/mol. The van der Waals surface area contributed by atoms with Gasteiger partial charge in [-0.25, -0.2) is 0 Å². The summed E-state index contributed by atoms with van der Waals surface area (Å²) >= 11 is 0. The minimum Gasteiger partial charge on any atom is -0.493 e. The molecular formula is C24H23NO4. The van der Waals surface area contributed by atoms with E-state index in [-0.39, 0.29) is 12.3 Å². The molecule has 1 heterocycles. The molecule has 0 radical (unpaired) electrons. The Balaban J connectivity index is 1.42. The van der Waals surface area contributed by atoms with E-state index in [0.29, 0.717) is 24.5 Å². The van der Waals surface area contributed by atoms with Crippen molar-refractivity contribution in [1.29, 1.82) is 0 Å². The number of hydrogen-bond acceptors (Lipinski definition) is 4. The van der Waals surface area contributed by atoms with Gasteiger partial charge in [0, 0.05) is 17.5 Å². The first-order valence-electron chi connectivity index (χ1n) is 9.55. The maximum Gasteiger partial charge on any atom is 0.224 e. The third kappa shape index (κ3) is 3.90. The summed E-state index contributed by atoms with van der Waals surface area (Å²) in [5.41, 5.74) is 2.78. The molecule has 1 aromatic heterocycles. The summed E-state index contributed by atoms with van der Waals surface area (Å²) in [5.74, 6) is 1.36. The van der Waals surface area contributed by atoms with Crippen LogP contribution in [0, 0.1) is 0 Å². The number of hydrogen-bond donors (Lipinski definition) is 1. The van der Waals surface area contributed by atoms with Gasteiger partial charge in [0.2, 0.25) is 5.91 Å². The van der Waals surface area contributed by atoms with Crippen LogP contribution in [0.4, 0.5) is 0 Å². The minimum absolute atomic E-state index is 0.0267. The maximum absolute atomic E-state index is 12.5. The van der Waals surface area contributed by atoms with Crippen LogP contribution in [0.1, 0.15) is 11.1 Å². The molecule has 0 spiro atoms. The highest BCUT2D eigenvalue weighted by atomic mass is 16.5. The van der Waals surface area contributed by atoms with Crippen molar-refractivity contribution < 1.29 is 18.7 Å². The van der Waals surface area contributed by atoms with Crippen LogP contribution in [-0.4, -0.2) is 26.7 Å². The fourth-order valence-electron chi connectivity index (χ4n) is 3.62. The molecule has 0 aliphatic carbocycles. The first-order chi connectivity index (χ1) is 14.2. The molecule has 4 rings (SSSR count). The van der Waals surface area contributed by atoms with Crippen molar-refractivity contribution in [2.75, 3.05) is 20.8 Å². The molecular weight excluding hydrogens is 366 g/mol. The molecule has 3 aromatic carbocycles. The molecule has 5 heteroatoms. The number of rotatable bonds is 7. The molecule has 5 nitrogen and oxygen atoms in total. The van der Waals surface area contributed by atoms with Crippen LogP contribution in [0.3, 0.4) is 0 Å². The van der Waals surface area contributed by atoms with E-state index < -0.39 is 0 Å². The Kier molecular flexibility index (Phi) is 5.38. The Bertz CT molecular complexity index is 1160.